The number of amides is 2. The molecule has 1 aliphatic carbocycles. The Bertz CT molecular complexity index is 638. The minimum atomic E-state index is -0.0637. The van der Waals surface area contributed by atoms with Gasteiger partial charge in [-0.15, -0.1) is 0 Å². The largest absolute Gasteiger partial charge is 0.342 e. The summed E-state index contributed by atoms with van der Waals surface area (Å²) in [7, 11) is 0. The van der Waals surface area contributed by atoms with Crippen molar-refractivity contribution in [1.82, 2.24) is 4.90 Å². The smallest absolute Gasteiger partial charge is 0.227 e. The van der Waals surface area contributed by atoms with Crippen LogP contribution in [0.4, 0.5) is 5.69 Å². The van der Waals surface area contributed by atoms with Gasteiger partial charge in [0.1, 0.15) is 0 Å². The van der Waals surface area contributed by atoms with E-state index in [1.165, 1.54) is 0 Å². The number of nitrogens with zero attached hydrogens (tertiary/aromatic N) is 2. The summed E-state index contributed by atoms with van der Waals surface area (Å²) >= 11 is 0. The van der Waals surface area contributed by atoms with Crippen molar-refractivity contribution in [3.05, 3.63) is 29.8 Å². The van der Waals surface area contributed by atoms with E-state index in [1.54, 1.807) is 24.3 Å². The summed E-state index contributed by atoms with van der Waals surface area (Å²) in [6.45, 7) is 1.34. The van der Waals surface area contributed by atoms with Crippen LogP contribution < -0.4 is 5.32 Å². The fourth-order valence-electron chi connectivity index (χ4n) is 3.19. The highest BCUT2D eigenvalue weighted by atomic mass is 16.2. The minimum absolute atomic E-state index is 0.0177. The first-order valence-electron chi connectivity index (χ1n) is 8.27. The molecule has 0 unspecified atom stereocenters. The molecule has 1 aromatic carbocycles. The van der Waals surface area contributed by atoms with Crippen molar-refractivity contribution >= 4 is 17.5 Å². The monoisotopic (exact) mass is 311 g/mol. The van der Waals surface area contributed by atoms with Gasteiger partial charge in [0, 0.05) is 30.6 Å². The highest BCUT2D eigenvalue weighted by molar-refractivity contribution is 5.93. The maximum Gasteiger partial charge on any atom is 0.227 e. The summed E-state index contributed by atoms with van der Waals surface area (Å²) in [5.41, 5.74) is 1.19. The van der Waals surface area contributed by atoms with Gasteiger partial charge in [0.25, 0.3) is 0 Å². The summed E-state index contributed by atoms with van der Waals surface area (Å²) in [6.07, 6.45) is 4.63. The van der Waals surface area contributed by atoms with Crippen LogP contribution in [0.2, 0.25) is 0 Å². The molecule has 1 N–H and O–H groups in total. The molecule has 0 aromatic heterocycles. The van der Waals surface area contributed by atoms with E-state index >= 15 is 0 Å². The van der Waals surface area contributed by atoms with Crippen LogP contribution in [0.5, 0.6) is 0 Å². The zero-order chi connectivity index (χ0) is 16.2. The number of nitrogens with one attached hydrogen (secondary N) is 1. The molecule has 1 aliphatic heterocycles. The van der Waals surface area contributed by atoms with Crippen molar-refractivity contribution in [3.8, 4) is 6.07 Å². The molecule has 120 valence electrons. The van der Waals surface area contributed by atoms with Gasteiger partial charge in [0.2, 0.25) is 11.8 Å². The average molecular weight is 311 g/mol. The third-order valence-electron chi connectivity index (χ3n) is 4.89. The molecular weight excluding hydrogens is 290 g/mol. The Labute approximate surface area is 136 Å². The molecule has 2 amide bonds. The first kappa shape index (κ1) is 15.5. The van der Waals surface area contributed by atoms with Crippen molar-refractivity contribution in [1.29, 1.82) is 5.26 Å². The van der Waals surface area contributed by atoms with E-state index in [9.17, 15) is 9.59 Å². The second kappa shape index (κ2) is 6.82. The molecule has 2 aliphatic rings. The standard InChI is InChI=1S/C18H21N3O2/c19-12-13-3-1-6-16(11-13)20-17(22)14-7-9-21(10-8-14)18(23)15-4-2-5-15/h1,3,6,11,14-15H,2,4-5,7-10H2,(H,20,22). The lowest BCUT2D eigenvalue weighted by Crippen LogP contribution is -2.45. The molecule has 1 heterocycles. The van der Waals surface area contributed by atoms with Gasteiger partial charge in [-0.25, -0.2) is 0 Å². The molecule has 0 bridgehead atoms. The summed E-state index contributed by atoms with van der Waals surface area (Å²) in [6, 6.07) is 8.99. The lowest BCUT2D eigenvalue weighted by atomic mass is 9.83. The summed E-state index contributed by atoms with van der Waals surface area (Å²) in [5, 5.41) is 11.8. The number of benzene rings is 1. The van der Waals surface area contributed by atoms with Gasteiger partial charge in [-0.2, -0.15) is 5.26 Å². The fourth-order valence-corrected chi connectivity index (χ4v) is 3.19. The number of piperidine rings is 1. The van der Waals surface area contributed by atoms with E-state index in [0.29, 0.717) is 37.2 Å². The molecule has 5 heteroatoms. The van der Waals surface area contributed by atoms with Crippen LogP contribution in [0.25, 0.3) is 0 Å². The highest BCUT2D eigenvalue weighted by Gasteiger charge is 2.33. The number of likely N-dealkylation sites (tertiary alicyclic amines) is 1. The molecule has 1 saturated carbocycles. The van der Waals surface area contributed by atoms with Gasteiger partial charge in [0.05, 0.1) is 11.6 Å². The maximum atomic E-state index is 12.3. The van der Waals surface area contributed by atoms with Crippen LogP contribution in [0.15, 0.2) is 24.3 Å². The molecule has 3 rings (SSSR count). The van der Waals surface area contributed by atoms with E-state index in [1.807, 2.05) is 4.90 Å². The van der Waals surface area contributed by atoms with Crippen LogP contribution in [-0.2, 0) is 9.59 Å². The third kappa shape index (κ3) is 3.53. The number of hydrogen-bond donors (Lipinski definition) is 1. The lowest BCUT2D eigenvalue weighted by Gasteiger charge is -2.36. The topological polar surface area (TPSA) is 73.2 Å². The van der Waals surface area contributed by atoms with Gasteiger partial charge in [-0.1, -0.05) is 12.5 Å². The maximum absolute atomic E-state index is 12.3. The van der Waals surface area contributed by atoms with Crippen molar-refractivity contribution in [3.63, 3.8) is 0 Å². The van der Waals surface area contributed by atoms with Crippen molar-refractivity contribution in [2.75, 3.05) is 18.4 Å². The van der Waals surface area contributed by atoms with Gasteiger partial charge in [0.15, 0.2) is 0 Å². The molecule has 5 nitrogen and oxygen atoms in total. The fraction of sp³-hybridized carbons (Fsp3) is 0.500. The normalized spacial score (nSPS) is 18.8. The molecule has 0 spiro atoms. The predicted octanol–water partition coefficient (Wildman–Crippen LogP) is 2.54. The Morgan fingerprint density at radius 1 is 1.13 bits per heavy atom. The summed E-state index contributed by atoms with van der Waals surface area (Å²) < 4.78 is 0. The van der Waals surface area contributed by atoms with E-state index in [0.717, 1.165) is 19.3 Å². The Morgan fingerprint density at radius 2 is 1.87 bits per heavy atom. The van der Waals surface area contributed by atoms with Gasteiger partial charge >= 0.3 is 0 Å². The minimum Gasteiger partial charge on any atom is -0.342 e. The second-order valence-electron chi connectivity index (χ2n) is 6.41. The molecule has 2 fully saturated rings. The van der Waals surface area contributed by atoms with E-state index in [4.69, 9.17) is 5.26 Å². The Kier molecular flexibility index (Phi) is 4.61. The Hall–Kier alpha value is -2.35. The average Bonchev–Trinajstić information content (AvgIpc) is 2.53. The van der Waals surface area contributed by atoms with Crippen LogP contribution in [-0.4, -0.2) is 29.8 Å². The van der Waals surface area contributed by atoms with Crippen LogP contribution in [0, 0.1) is 23.2 Å². The second-order valence-corrected chi connectivity index (χ2v) is 6.41. The molecule has 0 atom stereocenters. The first-order chi connectivity index (χ1) is 11.2. The number of nitriles is 1. The predicted molar refractivity (Wildman–Crippen MR) is 86.4 cm³/mol. The SMILES string of the molecule is N#Cc1cccc(NC(=O)C2CCN(C(=O)C3CCC3)CC2)c1. The van der Waals surface area contributed by atoms with Gasteiger partial charge < -0.3 is 10.2 Å². The Morgan fingerprint density at radius 3 is 2.48 bits per heavy atom. The highest BCUT2D eigenvalue weighted by Crippen LogP contribution is 2.30. The molecule has 1 saturated heterocycles. The molecular formula is C18H21N3O2. The quantitative estimate of drug-likeness (QED) is 0.932. The number of carbonyl (C=O) groups is 2. The summed E-state index contributed by atoms with van der Waals surface area (Å²) in [5.74, 6) is 0.424. The molecule has 1 aromatic rings. The van der Waals surface area contributed by atoms with Crippen LogP contribution >= 0.6 is 0 Å². The first-order valence-corrected chi connectivity index (χ1v) is 8.27. The van der Waals surface area contributed by atoms with Gasteiger partial charge in [-0.05, 0) is 43.9 Å². The van der Waals surface area contributed by atoms with Crippen LogP contribution in [0.1, 0.15) is 37.7 Å². The number of anilines is 1. The van der Waals surface area contributed by atoms with Gasteiger partial charge in [-0.3, -0.25) is 9.59 Å². The van der Waals surface area contributed by atoms with E-state index in [2.05, 4.69) is 11.4 Å². The number of carbonyl (C=O) groups excluding carboxylic acids is 2. The Balaban J connectivity index is 1.51. The zero-order valence-corrected chi connectivity index (χ0v) is 13.1. The summed E-state index contributed by atoms with van der Waals surface area (Å²) in [4.78, 5) is 26.5. The zero-order valence-electron chi connectivity index (χ0n) is 13.1. The van der Waals surface area contributed by atoms with Crippen molar-refractivity contribution in [2.24, 2.45) is 11.8 Å². The van der Waals surface area contributed by atoms with Crippen molar-refractivity contribution < 1.29 is 9.59 Å². The molecule has 23 heavy (non-hydrogen) atoms. The molecule has 0 radical (unpaired) electrons. The third-order valence-corrected chi connectivity index (χ3v) is 4.89. The number of hydrogen-bond acceptors (Lipinski definition) is 3. The number of rotatable bonds is 3. The van der Waals surface area contributed by atoms with E-state index in [-0.39, 0.29) is 23.7 Å². The lowest BCUT2D eigenvalue weighted by molar-refractivity contribution is -0.140. The van der Waals surface area contributed by atoms with E-state index < -0.39 is 0 Å². The van der Waals surface area contributed by atoms with Crippen molar-refractivity contribution in [2.45, 2.75) is 32.1 Å². The van der Waals surface area contributed by atoms with Crippen LogP contribution in [0.3, 0.4) is 0 Å².